The number of primary amides is 1. The van der Waals surface area contributed by atoms with Crippen molar-refractivity contribution in [1.29, 1.82) is 0 Å². The zero-order chi connectivity index (χ0) is 22.4. The summed E-state index contributed by atoms with van der Waals surface area (Å²) >= 11 is 1.46. The van der Waals surface area contributed by atoms with Crippen LogP contribution < -0.4 is 11.1 Å². The average molecular weight is 446 g/mol. The lowest BCUT2D eigenvalue weighted by atomic mass is 9.70. The minimum Gasteiger partial charge on any atom is -0.483 e. The molecule has 2 saturated heterocycles. The number of nitrogens with two attached hydrogens (primary N) is 1. The van der Waals surface area contributed by atoms with E-state index in [4.69, 9.17) is 15.6 Å². The van der Waals surface area contributed by atoms with Gasteiger partial charge >= 0.3 is 0 Å². The van der Waals surface area contributed by atoms with Crippen LogP contribution in [0.25, 0.3) is 0 Å². The van der Waals surface area contributed by atoms with Crippen LogP contribution in [0.4, 0.5) is 0 Å². The number of aromatic nitrogens is 3. The van der Waals surface area contributed by atoms with Gasteiger partial charge in [-0.05, 0) is 19.3 Å². The van der Waals surface area contributed by atoms with Crippen LogP contribution in [0.15, 0.2) is 29.6 Å². The Kier molecular flexibility index (Phi) is 6.90. The molecule has 0 aromatic carbocycles. The average Bonchev–Trinajstić information content (AvgIpc) is 3.49. The van der Waals surface area contributed by atoms with E-state index in [-0.39, 0.29) is 36.9 Å². The summed E-state index contributed by atoms with van der Waals surface area (Å²) in [7, 11) is 0. The standard InChI is InChI=1S/C18H20N6O3S.CH2O2/c19-15(25)7-22-17(27)18(3-12-8-28-10-23-12)4-13-1-2-14(18)24(13)16(26)11-5-20-9-21-6-11;2-1-3/h5-6,8-10,13-14H,1-4,7H2,(H2,19,25)(H,22,27);1H,(H,2,3)/t13-,14+,18+;/m1./s1. The molecule has 4 heterocycles. The van der Waals surface area contributed by atoms with E-state index in [0.717, 1.165) is 18.5 Å². The lowest BCUT2D eigenvalue weighted by Gasteiger charge is -2.35. The second kappa shape index (κ2) is 9.60. The van der Waals surface area contributed by atoms with Gasteiger partial charge in [-0.15, -0.1) is 11.3 Å². The van der Waals surface area contributed by atoms with Gasteiger partial charge in [0.15, 0.2) is 0 Å². The zero-order valence-electron chi connectivity index (χ0n) is 16.5. The first-order chi connectivity index (χ1) is 14.9. The molecule has 31 heavy (non-hydrogen) atoms. The van der Waals surface area contributed by atoms with Crippen molar-refractivity contribution in [2.45, 2.75) is 37.8 Å². The van der Waals surface area contributed by atoms with Gasteiger partial charge in [-0.2, -0.15) is 0 Å². The Hall–Kier alpha value is -3.41. The van der Waals surface area contributed by atoms with Crippen molar-refractivity contribution < 1.29 is 24.3 Å². The molecule has 0 spiro atoms. The van der Waals surface area contributed by atoms with Gasteiger partial charge in [-0.3, -0.25) is 19.2 Å². The number of amides is 3. The van der Waals surface area contributed by atoms with Crippen molar-refractivity contribution in [3.8, 4) is 0 Å². The largest absolute Gasteiger partial charge is 0.483 e. The van der Waals surface area contributed by atoms with E-state index in [9.17, 15) is 14.4 Å². The second-order valence-electron chi connectivity index (χ2n) is 7.36. The van der Waals surface area contributed by atoms with Crippen LogP contribution in [-0.4, -0.2) is 67.8 Å². The number of carbonyl (C=O) groups is 4. The van der Waals surface area contributed by atoms with Gasteiger partial charge in [0.25, 0.3) is 12.4 Å². The molecule has 12 heteroatoms. The Bertz CT molecular complexity index is 941. The molecule has 2 aromatic heterocycles. The van der Waals surface area contributed by atoms with E-state index in [1.807, 2.05) is 5.38 Å². The highest BCUT2D eigenvalue weighted by Crippen LogP contribution is 2.52. The maximum absolute atomic E-state index is 13.2. The third kappa shape index (κ3) is 4.53. The van der Waals surface area contributed by atoms with Gasteiger partial charge in [-0.25, -0.2) is 15.0 Å². The summed E-state index contributed by atoms with van der Waals surface area (Å²) in [5, 5.41) is 11.5. The lowest BCUT2D eigenvalue weighted by Crippen LogP contribution is -2.52. The number of fused-ring (bicyclic) bond motifs is 2. The van der Waals surface area contributed by atoms with Gasteiger partial charge in [0, 0.05) is 36.3 Å². The first-order valence-corrected chi connectivity index (χ1v) is 10.5. The Labute approximate surface area is 181 Å². The maximum atomic E-state index is 13.2. The van der Waals surface area contributed by atoms with Crippen molar-refractivity contribution >= 4 is 35.5 Å². The third-order valence-electron chi connectivity index (χ3n) is 5.64. The predicted molar refractivity (Wildman–Crippen MR) is 109 cm³/mol. The maximum Gasteiger partial charge on any atom is 0.290 e. The van der Waals surface area contributed by atoms with Gasteiger partial charge < -0.3 is 21.1 Å². The minimum absolute atomic E-state index is 0.0457. The van der Waals surface area contributed by atoms with Crippen LogP contribution >= 0.6 is 11.3 Å². The topological polar surface area (TPSA) is 168 Å². The molecule has 2 aliphatic rings. The number of nitrogens with zero attached hydrogens (tertiary/aromatic N) is 4. The molecule has 4 N–H and O–H groups in total. The summed E-state index contributed by atoms with van der Waals surface area (Å²) in [5.41, 5.74) is 7.30. The monoisotopic (exact) mass is 446 g/mol. The SMILES string of the molecule is NC(=O)CNC(=O)[C@@]1(Cc2cscn2)C[C@H]2CC[C@@H]1N2C(=O)c1cncnc1.O=CO. The van der Waals surface area contributed by atoms with Crippen molar-refractivity contribution in [2.75, 3.05) is 6.54 Å². The van der Waals surface area contributed by atoms with Crippen molar-refractivity contribution in [1.82, 2.24) is 25.2 Å². The Morgan fingerprint density at radius 1 is 1.32 bits per heavy atom. The van der Waals surface area contributed by atoms with E-state index < -0.39 is 11.3 Å². The molecule has 0 saturated carbocycles. The minimum atomic E-state index is -0.836. The summed E-state index contributed by atoms with van der Waals surface area (Å²) in [6, 6.07) is -0.324. The molecule has 11 nitrogen and oxygen atoms in total. The molecule has 3 amide bonds. The Morgan fingerprint density at radius 2 is 2.03 bits per heavy atom. The first-order valence-electron chi connectivity index (χ1n) is 9.52. The van der Waals surface area contributed by atoms with Crippen molar-refractivity contribution in [3.63, 3.8) is 0 Å². The molecular weight excluding hydrogens is 424 g/mol. The Morgan fingerprint density at radius 3 is 2.65 bits per heavy atom. The van der Waals surface area contributed by atoms with Crippen LogP contribution in [0, 0.1) is 5.41 Å². The van der Waals surface area contributed by atoms with E-state index in [1.54, 1.807) is 10.4 Å². The highest BCUT2D eigenvalue weighted by atomic mass is 32.1. The molecule has 2 aliphatic heterocycles. The number of nitrogens with one attached hydrogen (secondary N) is 1. The fourth-order valence-corrected chi connectivity index (χ4v) is 5.11. The highest BCUT2D eigenvalue weighted by Gasteiger charge is 2.61. The van der Waals surface area contributed by atoms with Gasteiger partial charge in [0.05, 0.1) is 28.7 Å². The van der Waals surface area contributed by atoms with Crippen molar-refractivity contribution in [2.24, 2.45) is 11.1 Å². The molecule has 164 valence electrons. The highest BCUT2D eigenvalue weighted by molar-refractivity contribution is 7.07. The molecule has 0 aliphatic carbocycles. The first kappa shape index (κ1) is 22.3. The third-order valence-corrected chi connectivity index (χ3v) is 6.27. The summed E-state index contributed by atoms with van der Waals surface area (Å²) < 4.78 is 0. The number of carboxylic acid groups (broad SMARTS) is 1. The molecule has 0 unspecified atom stereocenters. The fourth-order valence-electron chi connectivity index (χ4n) is 4.55. The lowest BCUT2D eigenvalue weighted by molar-refractivity contribution is -0.134. The molecule has 2 bridgehead atoms. The fraction of sp³-hybridized carbons (Fsp3) is 0.421. The van der Waals surface area contributed by atoms with Crippen LogP contribution in [-0.2, 0) is 20.8 Å². The van der Waals surface area contributed by atoms with Gasteiger partial charge in [0.2, 0.25) is 11.8 Å². The van der Waals surface area contributed by atoms with E-state index >= 15 is 0 Å². The van der Waals surface area contributed by atoms with Crippen LogP contribution in [0.3, 0.4) is 0 Å². The number of thiazole rings is 1. The zero-order valence-corrected chi connectivity index (χ0v) is 17.3. The smallest absolute Gasteiger partial charge is 0.290 e. The van der Waals surface area contributed by atoms with E-state index in [0.29, 0.717) is 18.4 Å². The molecule has 2 aromatic rings. The molecular formula is C19H22N6O5S. The molecule has 0 radical (unpaired) electrons. The molecule has 3 atom stereocenters. The number of rotatable bonds is 6. The van der Waals surface area contributed by atoms with E-state index in [1.165, 1.54) is 30.1 Å². The Balaban J connectivity index is 0.000000858. The van der Waals surface area contributed by atoms with Crippen LogP contribution in [0.5, 0.6) is 0 Å². The van der Waals surface area contributed by atoms with Crippen LogP contribution in [0.1, 0.15) is 35.3 Å². The molecule has 2 fully saturated rings. The van der Waals surface area contributed by atoms with Crippen LogP contribution in [0.2, 0.25) is 0 Å². The van der Waals surface area contributed by atoms with E-state index in [2.05, 4.69) is 20.3 Å². The second-order valence-corrected chi connectivity index (χ2v) is 8.08. The summed E-state index contributed by atoms with van der Waals surface area (Å²) in [6.07, 6.45) is 6.85. The van der Waals surface area contributed by atoms with Crippen molar-refractivity contribution in [3.05, 3.63) is 40.9 Å². The molecule has 4 rings (SSSR count). The number of hydrogen-bond donors (Lipinski definition) is 3. The normalized spacial score (nSPS) is 23.5. The summed E-state index contributed by atoms with van der Waals surface area (Å²) in [4.78, 5) is 59.8. The predicted octanol–water partition coefficient (Wildman–Crippen LogP) is -0.159. The number of hydrogen-bond acceptors (Lipinski definition) is 8. The summed E-state index contributed by atoms with van der Waals surface area (Å²) in [6.45, 7) is -0.477. The summed E-state index contributed by atoms with van der Waals surface area (Å²) in [5.74, 6) is -1.03. The quantitative estimate of drug-likeness (QED) is 0.514. The number of carbonyl (C=O) groups excluding carboxylic acids is 3. The van der Waals surface area contributed by atoms with Gasteiger partial charge in [0.1, 0.15) is 6.33 Å². The van der Waals surface area contributed by atoms with Gasteiger partial charge in [-0.1, -0.05) is 0 Å².